The van der Waals surface area contributed by atoms with Crippen molar-refractivity contribution in [2.75, 3.05) is 0 Å². The topological polar surface area (TPSA) is 87.4 Å². The minimum absolute atomic E-state index is 0.0123. The van der Waals surface area contributed by atoms with E-state index < -0.39 is 22.9 Å². The predicted octanol–water partition coefficient (Wildman–Crippen LogP) is 3.08. The maximum Gasteiger partial charge on any atom is 0.331 e. The molecule has 0 fully saturated rings. The fourth-order valence-corrected chi connectivity index (χ4v) is 3.19. The highest BCUT2D eigenvalue weighted by Gasteiger charge is 2.20. The predicted molar refractivity (Wildman–Crippen MR) is 106 cm³/mol. The molecular weight excluding hydrogens is 361 g/mol. The number of aromatic amines is 1. The first-order valence-corrected chi connectivity index (χ1v) is 8.61. The summed E-state index contributed by atoms with van der Waals surface area (Å²) in [5.41, 5.74) is 2.15. The molecule has 0 saturated carbocycles. The van der Waals surface area contributed by atoms with Gasteiger partial charge >= 0.3 is 5.69 Å². The highest BCUT2D eigenvalue weighted by Crippen LogP contribution is 2.35. The number of hydrogen-bond donors (Lipinski definition) is 2. The summed E-state index contributed by atoms with van der Waals surface area (Å²) in [6.45, 7) is 1.80. The molecule has 28 heavy (non-hydrogen) atoms. The maximum absolute atomic E-state index is 13.1. The van der Waals surface area contributed by atoms with E-state index in [1.165, 1.54) is 30.3 Å². The Morgan fingerprint density at radius 3 is 2.61 bits per heavy atom. The van der Waals surface area contributed by atoms with E-state index >= 15 is 0 Å². The van der Waals surface area contributed by atoms with Crippen LogP contribution in [0.5, 0.6) is 5.88 Å². The van der Waals surface area contributed by atoms with Crippen LogP contribution in [-0.4, -0.2) is 20.4 Å². The Hall–Kier alpha value is -3.74. The van der Waals surface area contributed by atoms with E-state index in [1.807, 2.05) is 31.2 Å². The van der Waals surface area contributed by atoms with Gasteiger partial charge < -0.3 is 5.11 Å². The Labute approximate surface area is 159 Å². The molecule has 1 aromatic heterocycles. The van der Waals surface area contributed by atoms with Crippen LogP contribution in [0.25, 0.3) is 11.6 Å². The van der Waals surface area contributed by atoms with Crippen LogP contribution in [0.2, 0.25) is 0 Å². The highest BCUT2D eigenvalue weighted by atomic mass is 19.1. The highest BCUT2D eigenvalue weighted by molar-refractivity contribution is 6.31. The molecule has 0 spiro atoms. The first-order valence-electron chi connectivity index (χ1n) is 8.61. The van der Waals surface area contributed by atoms with Crippen LogP contribution in [0.1, 0.15) is 23.6 Å². The molecule has 0 radical (unpaired) electrons. The number of H-pyrrole nitrogens is 1. The first kappa shape index (κ1) is 17.7. The molecule has 0 saturated heterocycles. The summed E-state index contributed by atoms with van der Waals surface area (Å²) < 4.78 is 14.1. The minimum atomic E-state index is -0.744. The van der Waals surface area contributed by atoms with Gasteiger partial charge in [0.15, 0.2) is 0 Å². The number of nitrogens with zero attached hydrogens (tertiary/aromatic N) is 2. The molecule has 6 nitrogen and oxygen atoms in total. The fraction of sp³-hybridized carbons (Fsp3) is 0.0952. The number of aliphatic imine (C=N–C) groups is 1. The van der Waals surface area contributed by atoms with Gasteiger partial charge in [-0.1, -0.05) is 30.3 Å². The van der Waals surface area contributed by atoms with Crippen molar-refractivity contribution in [2.24, 2.45) is 4.99 Å². The second-order valence-electron chi connectivity index (χ2n) is 6.48. The molecule has 3 aromatic rings. The van der Waals surface area contributed by atoms with E-state index in [1.54, 1.807) is 0 Å². The third-order valence-electron chi connectivity index (χ3n) is 4.62. The smallest absolute Gasteiger partial charge is 0.331 e. The van der Waals surface area contributed by atoms with E-state index in [0.29, 0.717) is 16.8 Å². The van der Waals surface area contributed by atoms with Gasteiger partial charge in [-0.3, -0.25) is 19.3 Å². The molecule has 0 aliphatic carbocycles. The third kappa shape index (κ3) is 3.07. The Balaban J connectivity index is 1.83. The van der Waals surface area contributed by atoms with Crippen molar-refractivity contribution in [3.8, 4) is 5.88 Å². The summed E-state index contributed by atoms with van der Waals surface area (Å²) in [5, 5.41) is 10.6. The third-order valence-corrected chi connectivity index (χ3v) is 4.62. The molecule has 140 valence electrons. The second kappa shape index (κ2) is 6.77. The van der Waals surface area contributed by atoms with Gasteiger partial charge in [0.25, 0.3) is 5.56 Å². The van der Waals surface area contributed by atoms with Gasteiger partial charge in [0.1, 0.15) is 11.4 Å². The molecular formula is C21H16FN3O3. The zero-order valence-electron chi connectivity index (χ0n) is 14.9. The van der Waals surface area contributed by atoms with Crippen molar-refractivity contribution in [3.05, 3.63) is 91.9 Å². The number of benzene rings is 2. The Morgan fingerprint density at radius 2 is 1.86 bits per heavy atom. The molecule has 0 amide bonds. The number of aromatic hydroxyl groups is 1. The van der Waals surface area contributed by atoms with Crippen LogP contribution in [0.4, 0.5) is 10.1 Å². The van der Waals surface area contributed by atoms with Crippen molar-refractivity contribution in [1.29, 1.82) is 0 Å². The number of halogens is 1. The van der Waals surface area contributed by atoms with Crippen molar-refractivity contribution in [1.82, 2.24) is 9.55 Å². The number of para-hydroxylation sites is 1. The van der Waals surface area contributed by atoms with Crippen LogP contribution < -0.4 is 11.2 Å². The average Bonchev–Trinajstić information content (AvgIpc) is 2.99. The van der Waals surface area contributed by atoms with Crippen LogP contribution in [0.15, 0.2) is 63.1 Å². The first-order chi connectivity index (χ1) is 13.4. The largest absolute Gasteiger partial charge is 0.494 e. The molecule has 2 heterocycles. The molecule has 2 aromatic carbocycles. The van der Waals surface area contributed by atoms with Crippen molar-refractivity contribution in [3.63, 3.8) is 0 Å². The van der Waals surface area contributed by atoms with E-state index in [-0.39, 0.29) is 12.1 Å². The van der Waals surface area contributed by atoms with Gasteiger partial charge in [-0.2, -0.15) is 0 Å². The van der Waals surface area contributed by atoms with Gasteiger partial charge in [0.05, 0.1) is 12.2 Å². The molecule has 0 bridgehead atoms. The Bertz CT molecular complexity index is 1250. The molecule has 1 aliphatic rings. The second-order valence-corrected chi connectivity index (χ2v) is 6.48. The quantitative estimate of drug-likeness (QED) is 0.735. The average molecular weight is 377 g/mol. The summed E-state index contributed by atoms with van der Waals surface area (Å²) in [4.78, 5) is 31.2. The van der Waals surface area contributed by atoms with Gasteiger partial charge in [-0.15, -0.1) is 0 Å². The van der Waals surface area contributed by atoms with Crippen molar-refractivity contribution < 1.29 is 9.50 Å². The maximum atomic E-state index is 13.1. The van der Waals surface area contributed by atoms with Gasteiger partial charge in [-0.05, 0) is 36.8 Å². The Kier molecular flexibility index (Phi) is 4.27. The number of nitrogens with one attached hydrogen (secondary N) is 1. The summed E-state index contributed by atoms with van der Waals surface area (Å²) in [6, 6.07) is 13.0. The van der Waals surface area contributed by atoms with Crippen molar-refractivity contribution >= 4 is 23.0 Å². The van der Waals surface area contributed by atoms with E-state index in [0.717, 1.165) is 15.8 Å². The van der Waals surface area contributed by atoms with E-state index in [9.17, 15) is 19.1 Å². The number of allylic oxidation sites excluding steroid dienone is 1. The van der Waals surface area contributed by atoms with Crippen molar-refractivity contribution in [2.45, 2.75) is 13.5 Å². The minimum Gasteiger partial charge on any atom is -0.494 e. The van der Waals surface area contributed by atoms with Crippen LogP contribution in [0.3, 0.4) is 0 Å². The van der Waals surface area contributed by atoms with Gasteiger partial charge in [0.2, 0.25) is 5.88 Å². The van der Waals surface area contributed by atoms with E-state index in [2.05, 4.69) is 9.98 Å². The number of aromatic nitrogens is 2. The lowest BCUT2D eigenvalue weighted by Crippen LogP contribution is -2.31. The van der Waals surface area contributed by atoms with Gasteiger partial charge in [0, 0.05) is 16.8 Å². The monoisotopic (exact) mass is 377 g/mol. The zero-order chi connectivity index (χ0) is 19.8. The van der Waals surface area contributed by atoms with Crippen LogP contribution in [0, 0.1) is 5.82 Å². The summed E-state index contributed by atoms with van der Waals surface area (Å²) >= 11 is 0. The molecule has 1 aliphatic heterocycles. The lowest BCUT2D eigenvalue weighted by Gasteiger charge is -2.11. The lowest BCUT2D eigenvalue weighted by molar-refractivity contribution is 0.408. The number of hydrogen-bond acceptors (Lipinski definition) is 4. The lowest BCUT2D eigenvalue weighted by atomic mass is 10.0. The summed E-state index contributed by atoms with van der Waals surface area (Å²) in [5.74, 6) is -0.857. The molecule has 4 rings (SSSR count). The van der Waals surface area contributed by atoms with Crippen LogP contribution >= 0.6 is 0 Å². The normalized spacial score (nSPS) is 14.2. The number of fused-ring (bicyclic) bond motifs is 1. The molecule has 0 unspecified atom stereocenters. The summed E-state index contributed by atoms with van der Waals surface area (Å²) in [6.07, 6.45) is 1.53. The summed E-state index contributed by atoms with van der Waals surface area (Å²) in [7, 11) is 0. The number of rotatable bonds is 3. The standard InChI is InChI=1S/C21H16FN3O3/c1-12-16(15-4-2-3-5-18(15)23-12)10-17-19(26)24-21(28)25(20(17)27)11-13-6-8-14(22)9-7-13/h2-10,27H,11H2,1H3,(H,24,26,28). The molecule has 0 atom stereocenters. The molecule has 7 heteroatoms. The molecule has 2 N–H and O–H groups in total. The van der Waals surface area contributed by atoms with Gasteiger partial charge in [-0.25, -0.2) is 9.18 Å². The zero-order valence-corrected chi connectivity index (χ0v) is 14.9. The fourth-order valence-electron chi connectivity index (χ4n) is 3.19. The Morgan fingerprint density at radius 1 is 1.14 bits per heavy atom. The SMILES string of the molecule is CC1=Nc2ccccc2C1=Cc1c(O)n(Cc2ccc(F)cc2)c(=O)[nH]c1=O. The van der Waals surface area contributed by atoms with E-state index in [4.69, 9.17) is 0 Å². The van der Waals surface area contributed by atoms with Crippen LogP contribution in [-0.2, 0) is 6.54 Å².